The zero-order valence-electron chi connectivity index (χ0n) is 11.5. The van der Waals surface area contributed by atoms with Crippen LogP contribution in [0.25, 0.3) is 0 Å². The molecular weight excluding hydrogens is 212 g/mol. The van der Waals surface area contributed by atoms with Crippen molar-refractivity contribution in [1.29, 1.82) is 0 Å². The molecular formula is C14H26N2O. The van der Waals surface area contributed by atoms with Crippen LogP contribution in [0, 0.1) is 0 Å². The van der Waals surface area contributed by atoms with Crippen molar-refractivity contribution in [2.75, 3.05) is 26.2 Å². The van der Waals surface area contributed by atoms with Gasteiger partial charge in [-0.3, -0.25) is 14.6 Å². The number of carbonyl (C=O) groups is 1. The second-order valence-electron chi connectivity index (χ2n) is 6.48. The third kappa shape index (κ3) is 3.29. The van der Waals surface area contributed by atoms with Crippen LogP contribution in [0.2, 0.25) is 0 Å². The second-order valence-corrected chi connectivity index (χ2v) is 6.48. The van der Waals surface area contributed by atoms with Crippen molar-refractivity contribution in [2.24, 2.45) is 0 Å². The van der Waals surface area contributed by atoms with Gasteiger partial charge in [0.2, 0.25) is 0 Å². The molecule has 0 aromatic rings. The van der Waals surface area contributed by atoms with E-state index in [0.29, 0.717) is 11.8 Å². The van der Waals surface area contributed by atoms with Gasteiger partial charge in [-0.2, -0.15) is 0 Å². The topological polar surface area (TPSA) is 23.6 Å². The molecule has 1 saturated heterocycles. The summed E-state index contributed by atoms with van der Waals surface area (Å²) in [5.41, 5.74) is 0.286. The van der Waals surface area contributed by atoms with E-state index < -0.39 is 0 Å². The molecule has 0 amide bonds. The summed E-state index contributed by atoms with van der Waals surface area (Å²) < 4.78 is 0. The van der Waals surface area contributed by atoms with E-state index in [-0.39, 0.29) is 5.54 Å². The van der Waals surface area contributed by atoms with E-state index in [0.717, 1.165) is 45.4 Å². The largest absolute Gasteiger partial charge is 0.300 e. The number of rotatable bonds is 1. The second kappa shape index (κ2) is 5.07. The van der Waals surface area contributed by atoms with Crippen molar-refractivity contribution < 1.29 is 4.79 Å². The number of Topliss-reactive ketones (excluding diaryl/α,β-unsaturated/α-hetero) is 1. The fraction of sp³-hybridized carbons (Fsp3) is 0.929. The number of hydrogen-bond acceptors (Lipinski definition) is 3. The number of hydrogen-bond donors (Lipinski definition) is 0. The van der Waals surface area contributed by atoms with Crippen molar-refractivity contribution >= 4 is 5.78 Å². The highest BCUT2D eigenvalue weighted by Gasteiger charge is 2.31. The van der Waals surface area contributed by atoms with Crippen LogP contribution in [0.1, 0.15) is 46.5 Å². The number of ketones is 1. The average molecular weight is 238 g/mol. The lowest BCUT2D eigenvalue weighted by Gasteiger charge is -2.45. The lowest BCUT2D eigenvalue weighted by Crippen LogP contribution is -2.56. The van der Waals surface area contributed by atoms with Crippen LogP contribution in [0.3, 0.4) is 0 Å². The van der Waals surface area contributed by atoms with Crippen LogP contribution >= 0.6 is 0 Å². The summed E-state index contributed by atoms with van der Waals surface area (Å²) in [7, 11) is 0. The van der Waals surface area contributed by atoms with Crippen molar-refractivity contribution in [1.82, 2.24) is 9.80 Å². The Morgan fingerprint density at radius 2 is 1.76 bits per heavy atom. The number of piperazine rings is 1. The molecule has 0 spiro atoms. The van der Waals surface area contributed by atoms with E-state index in [1.54, 1.807) is 0 Å². The Balaban J connectivity index is 1.84. The molecule has 98 valence electrons. The summed E-state index contributed by atoms with van der Waals surface area (Å²) in [6, 6.07) is 0.540. The van der Waals surface area contributed by atoms with Gasteiger partial charge in [-0.15, -0.1) is 0 Å². The molecule has 1 saturated carbocycles. The van der Waals surface area contributed by atoms with Crippen LogP contribution in [0.5, 0.6) is 0 Å². The summed E-state index contributed by atoms with van der Waals surface area (Å²) in [5.74, 6) is 0.472. The standard InChI is InChI=1S/C14H26N2O/c1-14(2,3)16-9-7-15(8-10-16)12-5-4-6-13(17)11-12/h12H,4-11H2,1-3H3. The number of carbonyl (C=O) groups excluding carboxylic acids is 1. The molecule has 17 heavy (non-hydrogen) atoms. The van der Waals surface area contributed by atoms with Crippen LogP contribution in [0.15, 0.2) is 0 Å². The molecule has 0 aromatic heterocycles. The molecule has 1 atom stereocenters. The Hall–Kier alpha value is -0.410. The van der Waals surface area contributed by atoms with Crippen LogP contribution < -0.4 is 0 Å². The van der Waals surface area contributed by atoms with Gasteiger partial charge in [0.05, 0.1) is 0 Å². The molecule has 1 heterocycles. The summed E-state index contributed by atoms with van der Waals surface area (Å²) in [6.45, 7) is 11.4. The fourth-order valence-electron chi connectivity index (χ4n) is 3.07. The monoisotopic (exact) mass is 238 g/mol. The van der Waals surface area contributed by atoms with E-state index in [2.05, 4.69) is 30.6 Å². The summed E-state index contributed by atoms with van der Waals surface area (Å²) in [4.78, 5) is 16.6. The van der Waals surface area contributed by atoms with Gasteiger partial charge in [0.1, 0.15) is 5.78 Å². The summed E-state index contributed by atoms with van der Waals surface area (Å²) in [6.07, 6.45) is 3.94. The van der Waals surface area contributed by atoms with E-state index in [4.69, 9.17) is 0 Å². The minimum absolute atomic E-state index is 0.286. The van der Waals surface area contributed by atoms with Gasteiger partial charge in [-0.05, 0) is 33.6 Å². The van der Waals surface area contributed by atoms with Crippen molar-refractivity contribution in [2.45, 2.75) is 58.0 Å². The van der Waals surface area contributed by atoms with E-state index in [9.17, 15) is 4.79 Å². The molecule has 0 radical (unpaired) electrons. The van der Waals surface area contributed by atoms with E-state index in [1.165, 1.54) is 6.42 Å². The first kappa shape index (κ1) is 13.0. The zero-order chi connectivity index (χ0) is 12.5. The first-order valence-corrected chi connectivity index (χ1v) is 6.97. The molecule has 0 N–H and O–H groups in total. The Morgan fingerprint density at radius 3 is 2.29 bits per heavy atom. The van der Waals surface area contributed by atoms with Gasteiger partial charge >= 0.3 is 0 Å². The maximum absolute atomic E-state index is 11.5. The van der Waals surface area contributed by atoms with Crippen molar-refractivity contribution in [3.63, 3.8) is 0 Å². The maximum atomic E-state index is 11.5. The van der Waals surface area contributed by atoms with Crippen molar-refractivity contribution in [3.05, 3.63) is 0 Å². The van der Waals surface area contributed by atoms with E-state index >= 15 is 0 Å². The van der Waals surface area contributed by atoms with Gasteiger partial charge in [0.25, 0.3) is 0 Å². The third-order valence-electron chi connectivity index (χ3n) is 4.24. The van der Waals surface area contributed by atoms with Gasteiger partial charge in [0, 0.05) is 50.6 Å². The minimum atomic E-state index is 0.286. The molecule has 2 aliphatic rings. The fourth-order valence-corrected chi connectivity index (χ4v) is 3.07. The normalized spacial score (nSPS) is 29.6. The summed E-state index contributed by atoms with van der Waals surface area (Å²) in [5, 5.41) is 0. The number of nitrogens with zero attached hydrogens (tertiary/aromatic N) is 2. The first-order chi connectivity index (χ1) is 7.97. The molecule has 1 aliphatic carbocycles. The molecule has 3 heteroatoms. The summed E-state index contributed by atoms with van der Waals surface area (Å²) >= 11 is 0. The first-order valence-electron chi connectivity index (χ1n) is 6.97. The lowest BCUT2D eigenvalue weighted by atomic mass is 9.92. The highest BCUT2D eigenvalue weighted by Crippen LogP contribution is 2.23. The maximum Gasteiger partial charge on any atom is 0.134 e. The molecule has 2 rings (SSSR count). The third-order valence-corrected chi connectivity index (χ3v) is 4.24. The van der Waals surface area contributed by atoms with Gasteiger partial charge in [-0.25, -0.2) is 0 Å². The molecule has 1 unspecified atom stereocenters. The molecule has 1 aliphatic heterocycles. The molecule has 2 fully saturated rings. The molecule has 3 nitrogen and oxygen atoms in total. The van der Waals surface area contributed by atoms with Crippen molar-refractivity contribution in [3.8, 4) is 0 Å². The van der Waals surface area contributed by atoms with Crippen LogP contribution in [-0.4, -0.2) is 53.3 Å². The predicted octanol–water partition coefficient (Wildman–Crippen LogP) is 1.91. The Morgan fingerprint density at radius 1 is 1.12 bits per heavy atom. The molecule has 0 bridgehead atoms. The predicted molar refractivity (Wildman–Crippen MR) is 70.2 cm³/mol. The highest BCUT2D eigenvalue weighted by atomic mass is 16.1. The van der Waals surface area contributed by atoms with Crippen LogP contribution in [-0.2, 0) is 4.79 Å². The zero-order valence-corrected chi connectivity index (χ0v) is 11.5. The highest BCUT2D eigenvalue weighted by molar-refractivity contribution is 5.79. The SMILES string of the molecule is CC(C)(C)N1CCN(C2CCCC(=O)C2)CC1. The Bertz CT molecular complexity index is 274. The Labute approximate surface area is 105 Å². The van der Waals surface area contributed by atoms with Gasteiger partial charge in [-0.1, -0.05) is 0 Å². The van der Waals surface area contributed by atoms with Gasteiger partial charge in [0.15, 0.2) is 0 Å². The lowest BCUT2D eigenvalue weighted by molar-refractivity contribution is -0.122. The smallest absolute Gasteiger partial charge is 0.134 e. The van der Waals surface area contributed by atoms with Gasteiger partial charge < -0.3 is 0 Å². The average Bonchev–Trinajstić information content (AvgIpc) is 2.28. The molecule has 0 aromatic carbocycles. The minimum Gasteiger partial charge on any atom is -0.300 e. The quantitative estimate of drug-likeness (QED) is 0.697. The van der Waals surface area contributed by atoms with E-state index in [1.807, 2.05) is 0 Å². The Kier molecular flexibility index (Phi) is 3.88. The van der Waals surface area contributed by atoms with Crippen LogP contribution in [0.4, 0.5) is 0 Å².